The van der Waals surface area contributed by atoms with E-state index in [-0.39, 0.29) is 36.8 Å². The summed E-state index contributed by atoms with van der Waals surface area (Å²) in [6.45, 7) is 6.22. The van der Waals surface area contributed by atoms with Crippen LogP contribution in [0.1, 0.15) is 43.8 Å². The maximum absolute atomic E-state index is 14.7. The summed E-state index contributed by atoms with van der Waals surface area (Å²) < 4.78 is 154. The predicted octanol–water partition coefficient (Wildman–Crippen LogP) is 8.90. The Balaban J connectivity index is 0.00000216. The summed E-state index contributed by atoms with van der Waals surface area (Å²) >= 11 is 0. The lowest BCUT2D eigenvalue weighted by molar-refractivity contribution is -0.203. The standard InChI is InChI=1S/C25H16F10O3.C2H6/c1-11-9-36-23(37-10-11)13-6-19(29)22(20(30)7-13)25(34,35)38-14-2-3-15(16(26)8-14)12-4-17(27)21(18(28)5-12)24(31,32)33;1-2/h2-8,11,23H,9-10H2,1H3;1-2H3. The SMILES string of the molecule is CC.CC1COC(c2cc(F)c(C(F)(F)Oc3ccc(-c4cc(F)c(C(F)(F)F)c(F)c4)c(F)c3)c(F)c2)OC1. The molecule has 1 aliphatic rings. The van der Waals surface area contributed by atoms with Gasteiger partial charge in [0.05, 0.1) is 13.2 Å². The Morgan fingerprint density at radius 3 is 1.68 bits per heavy atom. The Hall–Kier alpha value is -3.32. The molecule has 0 saturated carbocycles. The molecule has 0 amide bonds. The fourth-order valence-corrected chi connectivity index (χ4v) is 3.79. The van der Waals surface area contributed by atoms with Gasteiger partial charge in [0.25, 0.3) is 0 Å². The van der Waals surface area contributed by atoms with Crippen LogP contribution in [-0.4, -0.2) is 13.2 Å². The molecule has 0 aromatic heterocycles. The summed E-state index contributed by atoms with van der Waals surface area (Å²) in [5.41, 5.74) is -5.50. The maximum Gasteiger partial charge on any atom is 0.432 e. The van der Waals surface area contributed by atoms with Crippen LogP contribution in [0.3, 0.4) is 0 Å². The Labute approximate surface area is 222 Å². The molecule has 1 fully saturated rings. The summed E-state index contributed by atoms with van der Waals surface area (Å²) in [5.74, 6) is -9.80. The van der Waals surface area contributed by atoms with Gasteiger partial charge >= 0.3 is 12.3 Å². The van der Waals surface area contributed by atoms with E-state index in [2.05, 4.69) is 4.74 Å². The highest BCUT2D eigenvalue weighted by atomic mass is 19.4. The minimum Gasteiger partial charge on any atom is -0.429 e. The van der Waals surface area contributed by atoms with E-state index in [1.165, 1.54) is 0 Å². The smallest absolute Gasteiger partial charge is 0.429 e. The van der Waals surface area contributed by atoms with E-state index in [0.29, 0.717) is 30.3 Å². The van der Waals surface area contributed by atoms with Crippen molar-refractivity contribution in [3.8, 4) is 16.9 Å². The second-order valence-corrected chi connectivity index (χ2v) is 8.54. The molecule has 4 rings (SSSR count). The molecule has 218 valence electrons. The minimum atomic E-state index is -5.35. The number of hydrogen-bond acceptors (Lipinski definition) is 3. The summed E-state index contributed by atoms with van der Waals surface area (Å²) in [4.78, 5) is 0. The van der Waals surface area contributed by atoms with Gasteiger partial charge in [0.2, 0.25) is 0 Å². The summed E-state index contributed by atoms with van der Waals surface area (Å²) in [7, 11) is 0. The van der Waals surface area contributed by atoms with Crippen molar-refractivity contribution < 1.29 is 58.1 Å². The van der Waals surface area contributed by atoms with Crippen LogP contribution in [0.15, 0.2) is 42.5 Å². The number of benzene rings is 3. The van der Waals surface area contributed by atoms with Gasteiger partial charge in [-0.2, -0.15) is 22.0 Å². The van der Waals surface area contributed by atoms with Gasteiger partial charge in [-0.05, 0) is 42.0 Å². The van der Waals surface area contributed by atoms with Gasteiger partial charge in [-0.25, -0.2) is 22.0 Å². The van der Waals surface area contributed by atoms with E-state index in [1.54, 1.807) is 6.92 Å². The van der Waals surface area contributed by atoms with Crippen molar-refractivity contribution in [2.45, 2.75) is 39.3 Å². The van der Waals surface area contributed by atoms with Crippen molar-refractivity contribution >= 4 is 0 Å². The van der Waals surface area contributed by atoms with E-state index in [4.69, 9.17) is 9.47 Å². The molecule has 1 aliphatic heterocycles. The van der Waals surface area contributed by atoms with Crippen LogP contribution in [0.2, 0.25) is 0 Å². The van der Waals surface area contributed by atoms with Crippen LogP contribution in [0.4, 0.5) is 43.9 Å². The van der Waals surface area contributed by atoms with Crippen molar-refractivity contribution in [2.75, 3.05) is 13.2 Å². The maximum atomic E-state index is 14.7. The summed E-state index contributed by atoms with van der Waals surface area (Å²) in [6.07, 6.45) is -11.2. The molecule has 1 saturated heterocycles. The van der Waals surface area contributed by atoms with E-state index < -0.39 is 75.7 Å². The minimum absolute atomic E-state index is 0.0158. The number of halogens is 10. The third-order valence-electron chi connectivity index (χ3n) is 5.52. The third kappa shape index (κ3) is 6.69. The van der Waals surface area contributed by atoms with E-state index in [0.717, 1.165) is 0 Å². The van der Waals surface area contributed by atoms with Crippen LogP contribution in [0.5, 0.6) is 5.75 Å². The molecule has 3 nitrogen and oxygen atoms in total. The zero-order valence-corrected chi connectivity index (χ0v) is 21.1. The van der Waals surface area contributed by atoms with Gasteiger partial charge < -0.3 is 14.2 Å². The third-order valence-corrected chi connectivity index (χ3v) is 5.52. The number of hydrogen-bond donors (Lipinski definition) is 0. The lowest BCUT2D eigenvalue weighted by atomic mass is 10.0. The Morgan fingerprint density at radius 1 is 0.700 bits per heavy atom. The van der Waals surface area contributed by atoms with Crippen LogP contribution < -0.4 is 4.74 Å². The molecule has 3 aromatic rings. The first kappa shape index (κ1) is 31.2. The van der Waals surface area contributed by atoms with E-state index in [1.807, 2.05) is 13.8 Å². The molecular formula is C27H22F10O3. The van der Waals surface area contributed by atoms with Crippen molar-refractivity contribution in [3.63, 3.8) is 0 Å². The molecule has 3 aromatic carbocycles. The first-order valence-corrected chi connectivity index (χ1v) is 11.8. The van der Waals surface area contributed by atoms with Crippen molar-refractivity contribution in [1.82, 2.24) is 0 Å². The van der Waals surface area contributed by atoms with E-state index in [9.17, 15) is 43.9 Å². The van der Waals surface area contributed by atoms with Crippen LogP contribution >= 0.6 is 0 Å². The van der Waals surface area contributed by atoms with Crippen LogP contribution in [0, 0.1) is 35.0 Å². The average molecular weight is 584 g/mol. The molecule has 13 heteroatoms. The first-order valence-electron chi connectivity index (χ1n) is 11.8. The van der Waals surface area contributed by atoms with E-state index >= 15 is 0 Å². The highest BCUT2D eigenvalue weighted by Crippen LogP contribution is 2.40. The molecule has 0 radical (unpaired) electrons. The van der Waals surface area contributed by atoms with Crippen molar-refractivity contribution in [3.05, 3.63) is 88.2 Å². The number of rotatable bonds is 5. The topological polar surface area (TPSA) is 27.7 Å². The van der Waals surface area contributed by atoms with Gasteiger partial charge in [0.1, 0.15) is 46.0 Å². The van der Waals surface area contributed by atoms with Gasteiger partial charge in [0, 0.05) is 23.1 Å². The summed E-state index contributed by atoms with van der Waals surface area (Å²) in [5, 5.41) is 0. The second kappa shape index (κ2) is 12.0. The molecule has 1 heterocycles. The molecular weight excluding hydrogens is 562 g/mol. The van der Waals surface area contributed by atoms with Gasteiger partial charge in [-0.15, -0.1) is 0 Å². The van der Waals surface area contributed by atoms with Crippen LogP contribution in [-0.2, 0) is 21.8 Å². The molecule has 0 spiro atoms. The summed E-state index contributed by atoms with van der Waals surface area (Å²) in [6, 6.07) is 3.26. The highest BCUT2D eigenvalue weighted by molar-refractivity contribution is 5.66. The normalized spacial score (nSPS) is 17.7. The van der Waals surface area contributed by atoms with Gasteiger partial charge in [0.15, 0.2) is 6.29 Å². The molecule has 40 heavy (non-hydrogen) atoms. The fourth-order valence-electron chi connectivity index (χ4n) is 3.79. The Bertz CT molecular complexity index is 1300. The van der Waals surface area contributed by atoms with Gasteiger partial charge in [-0.3, -0.25) is 0 Å². The Morgan fingerprint density at radius 2 is 1.20 bits per heavy atom. The fraction of sp³-hybridized carbons (Fsp3) is 0.333. The molecule has 0 bridgehead atoms. The molecule has 0 unspecified atom stereocenters. The number of ether oxygens (including phenoxy) is 3. The predicted molar refractivity (Wildman–Crippen MR) is 123 cm³/mol. The monoisotopic (exact) mass is 584 g/mol. The Kier molecular flexibility index (Phi) is 9.40. The van der Waals surface area contributed by atoms with Crippen molar-refractivity contribution in [1.29, 1.82) is 0 Å². The number of alkyl halides is 5. The first-order chi connectivity index (χ1) is 18.7. The molecule has 0 aliphatic carbocycles. The second-order valence-electron chi connectivity index (χ2n) is 8.54. The lowest BCUT2D eigenvalue weighted by Gasteiger charge is -2.28. The van der Waals surface area contributed by atoms with Gasteiger partial charge in [-0.1, -0.05) is 20.8 Å². The quantitative estimate of drug-likeness (QED) is 0.281. The molecule has 0 N–H and O–H groups in total. The van der Waals surface area contributed by atoms with Crippen LogP contribution in [0.25, 0.3) is 11.1 Å². The zero-order chi connectivity index (χ0) is 30.0. The molecule has 0 atom stereocenters. The largest absolute Gasteiger partial charge is 0.432 e. The lowest BCUT2D eigenvalue weighted by Crippen LogP contribution is -2.27. The van der Waals surface area contributed by atoms with Crippen molar-refractivity contribution in [2.24, 2.45) is 5.92 Å². The highest BCUT2D eigenvalue weighted by Gasteiger charge is 2.42. The zero-order valence-electron chi connectivity index (χ0n) is 21.1. The average Bonchev–Trinajstić information content (AvgIpc) is 2.83.